The molecule has 0 amide bonds. The maximum atomic E-state index is 12.8. The van der Waals surface area contributed by atoms with Crippen molar-refractivity contribution in [1.82, 2.24) is 10.2 Å². The molecule has 0 aliphatic carbocycles. The van der Waals surface area contributed by atoms with Crippen LogP contribution < -0.4 is 9.47 Å². The summed E-state index contributed by atoms with van der Waals surface area (Å²) in [6.07, 6.45) is 2.54. The Labute approximate surface area is 160 Å². The molecule has 1 saturated heterocycles. The van der Waals surface area contributed by atoms with Crippen LogP contribution >= 0.6 is 39.0 Å². The van der Waals surface area contributed by atoms with Crippen molar-refractivity contribution < 1.29 is 14.3 Å². The molecular formula is C16H12BrN3O3S2. The molecule has 1 aromatic carbocycles. The van der Waals surface area contributed by atoms with Gasteiger partial charge in [0.1, 0.15) is 15.9 Å². The number of thioether (sulfide) groups is 1. The van der Waals surface area contributed by atoms with Crippen LogP contribution in [-0.4, -0.2) is 27.8 Å². The Kier molecular flexibility index (Phi) is 4.38. The van der Waals surface area contributed by atoms with Gasteiger partial charge < -0.3 is 9.47 Å². The summed E-state index contributed by atoms with van der Waals surface area (Å²) < 4.78 is 11.5. The summed E-state index contributed by atoms with van der Waals surface area (Å²) in [6, 6.07) is 3.64. The number of carbonyl (C=O) groups excluding carboxylic acids is 1. The zero-order chi connectivity index (χ0) is 17.6. The van der Waals surface area contributed by atoms with E-state index in [2.05, 4.69) is 26.1 Å². The summed E-state index contributed by atoms with van der Waals surface area (Å²) in [5, 5.41) is 18.1. The summed E-state index contributed by atoms with van der Waals surface area (Å²) in [5.74, 6) is 0.569. The Bertz CT molecular complexity index is 925. The number of Topliss-reactive ketones (excluding diaryl/α,β-unsaturated/α-hetero) is 1. The van der Waals surface area contributed by atoms with E-state index in [-0.39, 0.29) is 17.6 Å². The number of hydrogen-bond acceptors (Lipinski definition) is 8. The molecule has 1 N–H and O–H groups in total. The highest BCUT2D eigenvalue weighted by Crippen LogP contribution is 2.43. The first-order valence-electron chi connectivity index (χ1n) is 7.50. The number of ether oxygens (including phenoxy) is 2. The van der Waals surface area contributed by atoms with Crippen molar-refractivity contribution in [3.8, 4) is 11.5 Å². The van der Waals surface area contributed by atoms with E-state index in [4.69, 9.17) is 14.9 Å². The lowest BCUT2D eigenvalue weighted by atomic mass is 10.1. The lowest BCUT2D eigenvalue weighted by molar-refractivity contribution is -0.114. The van der Waals surface area contributed by atoms with Gasteiger partial charge in [0.25, 0.3) is 0 Å². The third kappa shape index (κ3) is 3.00. The van der Waals surface area contributed by atoms with Gasteiger partial charge in [0.15, 0.2) is 17.3 Å². The molecule has 0 unspecified atom stereocenters. The Hall–Kier alpha value is -1.71. The van der Waals surface area contributed by atoms with Crippen molar-refractivity contribution >= 4 is 55.9 Å². The predicted octanol–water partition coefficient (Wildman–Crippen LogP) is 4.01. The standard InChI is InChI=1S/C16H12BrN3O3S2/c1-2-12-19-20-16(25-12)13-14(21)11(24-15(13)18)4-7-3-9-10(5-8(7)17)23-6-22-9/h3-5,13,18H,2,6H2,1H3/b11-4-,18-15?/t13-/m0/s1. The van der Waals surface area contributed by atoms with Crippen LogP contribution in [0.1, 0.15) is 28.4 Å². The van der Waals surface area contributed by atoms with Crippen molar-refractivity contribution in [2.24, 2.45) is 0 Å². The number of hydrogen-bond donors (Lipinski definition) is 1. The first kappa shape index (κ1) is 16.7. The van der Waals surface area contributed by atoms with Crippen molar-refractivity contribution in [2.45, 2.75) is 19.3 Å². The van der Waals surface area contributed by atoms with Gasteiger partial charge >= 0.3 is 0 Å². The van der Waals surface area contributed by atoms with Crippen LogP contribution in [0, 0.1) is 5.41 Å². The van der Waals surface area contributed by atoms with E-state index in [1.54, 1.807) is 6.08 Å². The summed E-state index contributed by atoms with van der Waals surface area (Å²) in [4.78, 5) is 13.3. The smallest absolute Gasteiger partial charge is 0.231 e. The molecule has 1 aromatic heterocycles. The fourth-order valence-electron chi connectivity index (χ4n) is 2.52. The minimum atomic E-state index is -0.637. The van der Waals surface area contributed by atoms with Crippen LogP contribution in [0.4, 0.5) is 0 Å². The minimum Gasteiger partial charge on any atom is -0.454 e. The summed E-state index contributed by atoms with van der Waals surface area (Å²) in [7, 11) is 0. The highest BCUT2D eigenvalue weighted by molar-refractivity contribution is 9.10. The fourth-order valence-corrected chi connectivity index (χ4v) is 4.91. The number of carbonyl (C=O) groups is 1. The van der Waals surface area contributed by atoms with Crippen molar-refractivity contribution in [1.29, 1.82) is 5.41 Å². The average molecular weight is 438 g/mol. The topological polar surface area (TPSA) is 85.2 Å². The van der Waals surface area contributed by atoms with Crippen LogP contribution in [0.3, 0.4) is 0 Å². The molecule has 0 radical (unpaired) electrons. The zero-order valence-corrected chi connectivity index (χ0v) is 16.3. The van der Waals surface area contributed by atoms with Gasteiger partial charge in [-0.15, -0.1) is 21.5 Å². The van der Waals surface area contributed by atoms with Gasteiger partial charge in [0.2, 0.25) is 6.79 Å². The lowest BCUT2D eigenvalue weighted by Crippen LogP contribution is -2.11. The predicted molar refractivity (Wildman–Crippen MR) is 101 cm³/mol. The number of rotatable bonds is 3. The van der Waals surface area contributed by atoms with Crippen molar-refractivity contribution in [3.05, 3.63) is 37.1 Å². The van der Waals surface area contributed by atoms with Gasteiger partial charge in [0.05, 0.1) is 9.95 Å². The monoisotopic (exact) mass is 437 g/mol. The van der Waals surface area contributed by atoms with Gasteiger partial charge in [-0.05, 0) is 30.2 Å². The van der Waals surface area contributed by atoms with E-state index in [0.29, 0.717) is 21.4 Å². The Balaban J connectivity index is 1.67. The number of nitrogens with one attached hydrogen (secondary N) is 1. The second kappa shape index (κ2) is 6.54. The van der Waals surface area contributed by atoms with E-state index in [0.717, 1.165) is 21.5 Å². The molecule has 1 atom stereocenters. The van der Waals surface area contributed by atoms with E-state index >= 15 is 0 Å². The number of halogens is 1. The van der Waals surface area contributed by atoms with Gasteiger partial charge in [-0.2, -0.15) is 0 Å². The highest BCUT2D eigenvalue weighted by atomic mass is 79.9. The number of benzene rings is 1. The van der Waals surface area contributed by atoms with Crippen LogP contribution in [0.25, 0.3) is 6.08 Å². The molecule has 2 aliphatic heterocycles. The van der Waals surface area contributed by atoms with Crippen LogP contribution in [0.15, 0.2) is 21.5 Å². The number of allylic oxidation sites excluding steroid dienone is 1. The molecule has 0 saturated carbocycles. The van der Waals surface area contributed by atoms with Gasteiger partial charge in [-0.1, -0.05) is 34.6 Å². The van der Waals surface area contributed by atoms with Crippen molar-refractivity contribution in [2.75, 3.05) is 6.79 Å². The SMILES string of the molecule is CCc1nnc([C@@H]2C(=N)S/C(=C\c3cc4c(cc3Br)OCO4)C2=O)s1. The highest BCUT2D eigenvalue weighted by Gasteiger charge is 2.39. The normalized spacial score (nSPS) is 20.7. The molecule has 2 aromatic rings. The molecule has 1 fully saturated rings. The fraction of sp³-hybridized carbons (Fsp3) is 0.250. The number of nitrogens with zero attached hydrogens (tertiary/aromatic N) is 2. The lowest BCUT2D eigenvalue weighted by Gasteiger charge is -2.03. The zero-order valence-electron chi connectivity index (χ0n) is 13.0. The van der Waals surface area contributed by atoms with Crippen molar-refractivity contribution in [3.63, 3.8) is 0 Å². The second-order valence-electron chi connectivity index (χ2n) is 5.39. The Morgan fingerprint density at radius 3 is 2.84 bits per heavy atom. The Morgan fingerprint density at radius 2 is 2.12 bits per heavy atom. The quantitative estimate of drug-likeness (QED) is 0.729. The second-order valence-corrected chi connectivity index (χ2v) is 8.42. The van der Waals surface area contributed by atoms with Gasteiger partial charge in [-0.3, -0.25) is 10.2 Å². The third-order valence-electron chi connectivity index (χ3n) is 3.80. The molecule has 9 heteroatoms. The summed E-state index contributed by atoms with van der Waals surface area (Å²) >= 11 is 6.06. The molecule has 4 rings (SSSR count). The molecule has 2 aliphatic rings. The number of aromatic nitrogens is 2. The van der Waals surface area contributed by atoms with Crippen LogP contribution in [0.5, 0.6) is 11.5 Å². The van der Waals surface area contributed by atoms with E-state index in [9.17, 15) is 4.79 Å². The number of aryl methyl sites for hydroxylation is 1. The molecule has 6 nitrogen and oxygen atoms in total. The third-order valence-corrected chi connectivity index (χ3v) is 6.61. The maximum absolute atomic E-state index is 12.8. The first-order valence-corrected chi connectivity index (χ1v) is 9.93. The summed E-state index contributed by atoms with van der Waals surface area (Å²) in [6.45, 7) is 2.18. The molecular weight excluding hydrogens is 426 g/mol. The van der Waals surface area contributed by atoms with Crippen LogP contribution in [-0.2, 0) is 11.2 Å². The largest absolute Gasteiger partial charge is 0.454 e. The molecule has 3 heterocycles. The molecule has 128 valence electrons. The van der Waals surface area contributed by atoms with Crippen LogP contribution in [0.2, 0.25) is 0 Å². The summed E-state index contributed by atoms with van der Waals surface area (Å²) in [5.41, 5.74) is 0.806. The van der Waals surface area contributed by atoms with Gasteiger partial charge in [0, 0.05) is 4.47 Å². The van der Waals surface area contributed by atoms with E-state index in [1.807, 2.05) is 19.1 Å². The van der Waals surface area contributed by atoms with E-state index in [1.165, 1.54) is 23.1 Å². The molecule has 25 heavy (non-hydrogen) atoms. The molecule has 0 spiro atoms. The molecule has 0 bridgehead atoms. The van der Waals surface area contributed by atoms with Gasteiger partial charge in [-0.25, -0.2) is 0 Å². The average Bonchev–Trinajstić information content (AvgIpc) is 3.28. The minimum absolute atomic E-state index is 0.113. The maximum Gasteiger partial charge on any atom is 0.231 e. The van der Waals surface area contributed by atoms with E-state index < -0.39 is 5.92 Å². The number of fused-ring (bicyclic) bond motifs is 1. The first-order chi connectivity index (χ1) is 12.1. The Morgan fingerprint density at radius 1 is 1.36 bits per heavy atom. The number of ketones is 1.